The van der Waals surface area contributed by atoms with Crippen LogP contribution < -0.4 is 9.46 Å². The molecule has 4 aromatic rings. The van der Waals surface area contributed by atoms with Crippen molar-refractivity contribution < 1.29 is 21.6 Å². The molecule has 2 heterocycles. The number of rotatable bonds is 8. The standard InChI is InChI=1S/C24H23ClN4O5S2/c1-24(2,35(3,30)31)21(16-9-8-14-26-15-16)34-23-22(27-18-11-5-6-12-19(18)28-23)29-36(32,33)20-13-7-4-10-17(20)25/h4-15,21H,1-3H3,(H,27,29). The van der Waals surface area contributed by atoms with E-state index in [-0.39, 0.29) is 21.6 Å². The zero-order valence-electron chi connectivity index (χ0n) is 19.6. The lowest BCUT2D eigenvalue weighted by molar-refractivity contribution is 0.160. The number of hydrogen-bond donors (Lipinski definition) is 1. The summed E-state index contributed by atoms with van der Waals surface area (Å²) in [6, 6.07) is 16.1. The van der Waals surface area contributed by atoms with Crippen LogP contribution in [-0.4, -0.2) is 42.8 Å². The fraction of sp³-hybridized carbons (Fsp3) is 0.208. The zero-order valence-corrected chi connectivity index (χ0v) is 22.0. The lowest BCUT2D eigenvalue weighted by Crippen LogP contribution is -2.41. The van der Waals surface area contributed by atoms with Crippen LogP contribution in [0.3, 0.4) is 0 Å². The highest BCUT2D eigenvalue weighted by Crippen LogP contribution is 2.38. The van der Waals surface area contributed by atoms with Gasteiger partial charge in [0.15, 0.2) is 9.84 Å². The summed E-state index contributed by atoms with van der Waals surface area (Å²) in [5.74, 6) is -0.415. The van der Waals surface area contributed by atoms with Crippen LogP contribution in [0.15, 0.2) is 78.0 Å². The Hall–Kier alpha value is -3.28. The number of nitrogens with one attached hydrogen (secondary N) is 1. The first-order valence-electron chi connectivity index (χ1n) is 10.7. The average Bonchev–Trinajstić information content (AvgIpc) is 2.82. The van der Waals surface area contributed by atoms with Gasteiger partial charge in [-0.15, -0.1) is 0 Å². The van der Waals surface area contributed by atoms with Crippen molar-refractivity contribution in [2.24, 2.45) is 0 Å². The Morgan fingerprint density at radius 2 is 1.56 bits per heavy atom. The predicted molar refractivity (Wildman–Crippen MR) is 138 cm³/mol. The van der Waals surface area contributed by atoms with Gasteiger partial charge >= 0.3 is 0 Å². The number of benzene rings is 2. The summed E-state index contributed by atoms with van der Waals surface area (Å²) in [7, 11) is -7.86. The van der Waals surface area contributed by atoms with Crippen LogP contribution in [0.25, 0.3) is 11.0 Å². The molecule has 0 fully saturated rings. The number of pyridine rings is 1. The first-order chi connectivity index (χ1) is 16.9. The normalized spacial score (nSPS) is 13.3. The van der Waals surface area contributed by atoms with Gasteiger partial charge in [-0.1, -0.05) is 41.9 Å². The van der Waals surface area contributed by atoms with Gasteiger partial charge < -0.3 is 4.74 Å². The number of sulfone groups is 1. The molecule has 1 N–H and O–H groups in total. The van der Waals surface area contributed by atoms with Crippen LogP contribution in [0, 0.1) is 0 Å². The molecule has 0 aliphatic carbocycles. The highest BCUT2D eigenvalue weighted by Gasteiger charge is 2.43. The van der Waals surface area contributed by atoms with E-state index in [1.807, 2.05) is 0 Å². The topological polar surface area (TPSA) is 128 Å². The van der Waals surface area contributed by atoms with E-state index < -0.39 is 30.7 Å². The van der Waals surface area contributed by atoms with Gasteiger partial charge in [0.25, 0.3) is 15.9 Å². The molecule has 0 aliphatic heterocycles. The largest absolute Gasteiger partial charge is 0.465 e. The number of fused-ring (bicyclic) bond motifs is 1. The lowest BCUT2D eigenvalue weighted by Gasteiger charge is -2.33. The maximum Gasteiger partial charge on any atom is 0.264 e. The molecule has 0 radical (unpaired) electrons. The summed E-state index contributed by atoms with van der Waals surface area (Å²) in [4.78, 5) is 12.8. The third kappa shape index (κ3) is 5.13. The quantitative estimate of drug-likeness (QED) is 0.344. The van der Waals surface area contributed by atoms with Crippen LogP contribution in [0.2, 0.25) is 5.02 Å². The molecule has 0 aliphatic rings. The summed E-state index contributed by atoms with van der Waals surface area (Å²) in [5, 5.41) is 0.0210. The van der Waals surface area contributed by atoms with E-state index in [9.17, 15) is 16.8 Å². The van der Waals surface area contributed by atoms with Crippen molar-refractivity contribution >= 4 is 48.3 Å². The van der Waals surface area contributed by atoms with Gasteiger partial charge in [0.05, 0.1) is 16.1 Å². The molecule has 4 rings (SSSR count). The SMILES string of the molecule is CC(C)(C(Oc1nc2ccccc2nc1NS(=O)(=O)c1ccccc1Cl)c1cccnc1)S(C)(=O)=O. The smallest absolute Gasteiger partial charge is 0.264 e. The maximum absolute atomic E-state index is 13.2. The Morgan fingerprint density at radius 1 is 0.917 bits per heavy atom. The maximum atomic E-state index is 13.2. The molecular formula is C24H23ClN4O5S2. The Balaban J connectivity index is 1.88. The Labute approximate surface area is 214 Å². The molecule has 12 heteroatoms. The molecule has 1 unspecified atom stereocenters. The summed E-state index contributed by atoms with van der Waals surface area (Å²) >= 11 is 6.12. The molecule has 9 nitrogen and oxygen atoms in total. The monoisotopic (exact) mass is 546 g/mol. The molecule has 1 atom stereocenters. The second-order valence-corrected chi connectivity index (χ2v) is 13.2. The first kappa shape index (κ1) is 25.8. The van der Waals surface area contributed by atoms with Gasteiger partial charge in [0.2, 0.25) is 5.82 Å². The Kier molecular flexibility index (Phi) is 6.91. The molecule has 188 valence electrons. The number of anilines is 1. The van der Waals surface area contributed by atoms with Gasteiger partial charge in [-0.05, 0) is 44.2 Å². The molecule has 0 spiro atoms. The first-order valence-corrected chi connectivity index (χ1v) is 14.5. The van der Waals surface area contributed by atoms with Crippen molar-refractivity contribution in [2.45, 2.75) is 29.6 Å². The van der Waals surface area contributed by atoms with E-state index in [1.165, 1.54) is 38.2 Å². The van der Waals surface area contributed by atoms with E-state index in [0.717, 1.165) is 6.26 Å². The number of aromatic nitrogens is 3. The molecule has 0 amide bonds. The van der Waals surface area contributed by atoms with E-state index in [0.29, 0.717) is 16.6 Å². The molecule has 2 aromatic carbocycles. The third-order valence-corrected chi connectivity index (χ3v) is 9.66. The Morgan fingerprint density at radius 3 is 2.17 bits per heavy atom. The predicted octanol–water partition coefficient (Wildman–Crippen LogP) is 4.42. The van der Waals surface area contributed by atoms with E-state index in [2.05, 4.69) is 19.7 Å². The van der Waals surface area contributed by atoms with E-state index in [1.54, 1.807) is 48.7 Å². The van der Waals surface area contributed by atoms with Crippen LogP contribution in [0.4, 0.5) is 5.82 Å². The van der Waals surface area contributed by atoms with Crippen molar-refractivity contribution in [3.8, 4) is 5.88 Å². The van der Waals surface area contributed by atoms with Crippen molar-refractivity contribution in [3.63, 3.8) is 0 Å². The molecule has 36 heavy (non-hydrogen) atoms. The molecular weight excluding hydrogens is 524 g/mol. The highest BCUT2D eigenvalue weighted by atomic mass is 35.5. The van der Waals surface area contributed by atoms with Crippen molar-refractivity contribution in [1.29, 1.82) is 0 Å². The number of sulfonamides is 1. The molecule has 0 saturated heterocycles. The minimum Gasteiger partial charge on any atom is -0.465 e. The van der Waals surface area contributed by atoms with E-state index >= 15 is 0 Å². The van der Waals surface area contributed by atoms with Crippen LogP contribution in [-0.2, 0) is 19.9 Å². The molecule has 2 aromatic heterocycles. The van der Waals surface area contributed by atoms with Crippen molar-refractivity contribution in [3.05, 3.63) is 83.6 Å². The van der Waals surface area contributed by atoms with Crippen LogP contribution >= 0.6 is 11.6 Å². The summed E-state index contributed by atoms with van der Waals surface area (Å²) < 4.78 is 59.0. The fourth-order valence-corrected chi connectivity index (χ4v) is 5.52. The Bertz CT molecular complexity index is 1630. The summed E-state index contributed by atoms with van der Waals surface area (Å²) in [5.41, 5.74) is 1.29. The highest BCUT2D eigenvalue weighted by molar-refractivity contribution is 7.93. The van der Waals surface area contributed by atoms with Gasteiger partial charge in [-0.25, -0.2) is 26.8 Å². The van der Waals surface area contributed by atoms with Gasteiger partial charge in [-0.2, -0.15) is 0 Å². The second kappa shape index (κ2) is 9.64. The summed E-state index contributed by atoms with van der Waals surface area (Å²) in [6.45, 7) is 3.03. The molecule has 0 saturated carbocycles. The minimum atomic E-state index is -4.19. The summed E-state index contributed by atoms with van der Waals surface area (Å²) in [6.07, 6.45) is 3.04. The van der Waals surface area contributed by atoms with Gasteiger partial charge in [-0.3, -0.25) is 9.71 Å². The van der Waals surface area contributed by atoms with Gasteiger partial charge in [0, 0.05) is 24.2 Å². The van der Waals surface area contributed by atoms with E-state index in [4.69, 9.17) is 16.3 Å². The minimum absolute atomic E-state index is 0.0210. The van der Waals surface area contributed by atoms with Crippen molar-refractivity contribution in [1.82, 2.24) is 15.0 Å². The lowest BCUT2D eigenvalue weighted by atomic mass is 9.99. The zero-order chi connectivity index (χ0) is 26.1. The second-order valence-electron chi connectivity index (χ2n) is 8.56. The number of ether oxygens (including phenoxy) is 1. The van der Waals surface area contributed by atoms with Crippen molar-refractivity contribution in [2.75, 3.05) is 11.0 Å². The van der Waals surface area contributed by atoms with Crippen LogP contribution in [0.5, 0.6) is 5.88 Å². The number of hydrogen-bond acceptors (Lipinski definition) is 8. The third-order valence-electron chi connectivity index (χ3n) is 5.70. The number of para-hydroxylation sites is 2. The number of halogens is 1. The van der Waals surface area contributed by atoms with Crippen LogP contribution in [0.1, 0.15) is 25.5 Å². The fourth-order valence-electron chi connectivity index (χ4n) is 3.43. The van der Waals surface area contributed by atoms with Gasteiger partial charge in [0.1, 0.15) is 15.7 Å². The number of nitrogens with zero attached hydrogens (tertiary/aromatic N) is 3. The molecule has 0 bridgehead atoms. The average molecular weight is 547 g/mol.